The Kier molecular flexibility index (Phi) is 9.12. The Morgan fingerprint density at radius 1 is 0.920 bits per heavy atom. The van der Waals surface area contributed by atoms with Gasteiger partial charge in [0.25, 0.3) is 0 Å². The fourth-order valence-electron chi connectivity index (χ4n) is 2.25. The number of nitrogens with zero attached hydrogens (tertiary/aromatic N) is 2. The molecule has 5 nitrogen and oxygen atoms in total. The number of anilines is 1. The first kappa shape index (κ1) is 21.1. The average Bonchev–Trinajstić information content (AvgIpc) is 2.62. The zero-order valence-electron chi connectivity index (χ0n) is 15.2. The van der Waals surface area contributed by atoms with Gasteiger partial charge < -0.3 is 20.3 Å². The summed E-state index contributed by atoms with van der Waals surface area (Å²) >= 11 is 0. The van der Waals surface area contributed by atoms with E-state index in [9.17, 15) is 0 Å². The monoisotopic (exact) mass is 454 g/mol. The van der Waals surface area contributed by atoms with Crippen LogP contribution in [0, 0.1) is 0 Å². The van der Waals surface area contributed by atoms with Crippen molar-refractivity contribution in [2.24, 2.45) is 4.99 Å². The largest absolute Gasteiger partial charge is 0.497 e. The molecule has 0 aliphatic heterocycles. The summed E-state index contributed by atoms with van der Waals surface area (Å²) in [6.07, 6.45) is 0. The highest BCUT2D eigenvalue weighted by Gasteiger charge is 2.01. The van der Waals surface area contributed by atoms with Crippen molar-refractivity contribution in [3.63, 3.8) is 0 Å². The summed E-state index contributed by atoms with van der Waals surface area (Å²) < 4.78 is 5.17. The maximum Gasteiger partial charge on any atom is 0.191 e. The highest BCUT2D eigenvalue weighted by molar-refractivity contribution is 14.0. The summed E-state index contributed by atoms with van der Waals surface area (Å²) in [5.41, 5.74) is 3.59. The van der Waals surface area contributed by atoms with E-state index >= 15 is 0 Å². The molecule has 0 spiro atoms. The van der Waals surface area contributed by atoms with E-state index in [1.54, 1.807) is 14.2 Å². The first-order valence-corrected chi connectivity index (χ1v) is 7.96. The Bertz CT molecular complexity index is 654. The summed E-state index contributed by atoms with van der Waals surface area (Å²) in [4.78, 5) is 6.35. The molecule has 2 aromatic carbocycles. The molecule has 0 saturated carbocycles. The van der Waals surface area contributed by atoms with E-state index < -0.39 is 0 Å². The van der Waals surface area contributed by atoms with Crippen molar-refractivity contribution in [1.29, 1.82) is 0 Å². The third-order valence-electron chi connectivity index (χ3n) is 3.76. The van der Waals surface area contributed by atoms with Gasteiger partial charge in [0.05, 0.1) is 7.11 Å². The van der Waals surface area contributed by atoms with Crippen LogP contribution in [0.5, 0.6) is 5.75 Å². The highest BCUT2D eigenvalue weighted by Crippen LogP contribution is 2.12. The van der Waals surface area contributed by atoms with Crippen LogP contribution >= 0.6 is 24.0 Å². The summed E-state index contributed by atoms with van der Waals surface area (Å²) in [6, 6.07) is 16.5. The normalized spacial score (nSPS) is 10.6. The number of hydrogen-bond acceptors (Lipinski definition) is 3. The lowest BCUT2D eigenvalue weighted by Gasteiger charge is -2.14. The number of ether oxygens (including phenoxy) is 1. The molecule has 0 atom stereocenters. The van der Waals surface area contributed by atoms with Gasteiger partial charge in [-0.05, 0) is 35.4 Å². The molecule has 0 fully saturated rings. The van der Waals surface area contributed by atoms with Crippen LogP contribution in [0.15, 0.2) is 53.5 Å². The molecule has 0 heterocycles. The lowest BCUT2D eigenvalue weighted by Crippen LogP contribution is -2.36. The van der Waals surface area contributed by atoms with Crippen molar-refractivity contribution in [3.05, 3.63) is 59.7 Å². The van der Waals surface area contributed by atoms with Gasteiger partial charge in [0.2, 0.25) is 0 Å². The van der Waals surface area contributed by atoms with Crippen molar-refractivity contribution in [2.45, 2.75) is 13.1 Å². The van der Waals surface area contributed by atoms with Crippen LogP contribution in [0.4, 0.5) is 5.69 Å². The van der Waals surface area contributed by atoms with Crippen LogP contribution in [0.3, 0.4) is 0 Å². The van der Waals surface area contributed by atoms with Gasteiger partial charge in [-0.2, -0.15) is 0 Å². The maximum atomic E-state index is 5.17. The summed E-state index contributed by atoms with van der Waals surface area (Å²) in [5, 5.41) is 6.64. The molecule has 136 valence electrons. The number of halogens is 1. The van der Waals surface area contributed by atoms with Gasteiger partial charge in [-0.15, -0.1) is 24.0 Å². The van der Waals surface area contributed by atoms with E-state index in [2.05, 4.69) is 44.8 Å². The van der Waals surface area contributed by atoms with E-state index in [0.717, 1.165) is 18.3 Å². The second-order valence-electron chi connectivity index (χ2n) is 5.69. The zero-order chi connectivity index (χ0) is 17.4. The lowest BCUT2D eigenvalue weighted by atomic mass is 10.2. The molecule has 2 rings (SSSR count). The molecule has 0 aliphatic carbocycles. The third kappa shape index (κ3) is 6.81. The molecule has 0 amide bonds. The minimum atomic E-state index is 0. The second kappa shape index (κ2) is 10.8. The quantitative estimate of drug-likeness (QED) is 0.400. The van der Waals surface area contributed by atoms with Gasteiger partial charge >= 0.3 is 0 Å². The fraction of sp³-hybridized carbons (Fsp3) is 0.316. The molecule has 2 N–H and O–H groups in total. The standard InChI is InChI=1S/C19H26N4O.HI/c1-20-19(22-14-16-7-11-18(24-4)12-8-16)21-13-15-5-9-17(10-6-15)23(2)3;/h5-12H,13-14H2,1-4H3,(H2,20,21,22);1H. The summed E-state index contributed by atoms with van der Waals surface area (Å²) in [5.74, 6) is 1.64. The smallest absolute Gasteiger partial charge is 0.191 e. The summed E-state index contributed by atoms with van der Waals surface area (Å²) in [6.45, 7) is 1.44. The maximum absolute atomic E-state index is 5.17. The van der Waals surface area contributed by atoms with Crippen molar-refractivity contribution < 1.29 is 4.74 Å². The number of hydrogen-bond donors (Lipinski definition) is 2. The van der Waals surface area contributed by atoms with E-state index in [4.69, 9.17) is 4.74 Å². The third-order valence-corrected chi connectivity index (χ3v) is 3.76. The molecule has 0 radical (unpaired) electrons. The van der Waals surface area contributed by atoms with Crippen molar-refractivity contribution in [2.75, 3.05) is 33.2 Å². The van der Waals surface area contributed by atoms with E-state index in [1.807, 2.05) is 38.4 Å². The minimum absolute atomic E-state index is 0. The lowest BCUT2D eigenvalue weighted by molar-refractivity contribution is 0.414. The van der Waals surface area contributed by atoms with Crippen LogP contribution in [-0.4, -0.2) is 34.2 Å². The molecule has 2 aromatic rings. The first-order chi connectivity index (χ1) is 11.6. The van der Waals surface area contributed by atoms with Gasteiger partial charge in [0, 0.05) is 39.9 Å². The van der Waals surface area contributed by atoms with Crippen LogP contribution in [-0.2, 0) is 13.1 Å². The van der Waals surface area contributed by atoms with Crippen LogP contribution in [0.25, 0.3) is 0 Å². The van der Waals surface area contributed by atoms with Gasteiger partial charge in [0.15, 0.2) is 5.96 Å². The van der Waals surface area contributed by atoms with Gasteiger partial charge in [0.1, 0.15) is 5.75 Å². The fourth-order valence-corrected chi connectivity index (χ4v) is 2.25. The number of benzene rings is 2. The first-order valence-electron chi connectivity index (χ1n) is 7.96. The van der Waals surface area contributed by atoms with Gasteiger partial charge in [-0.3, -0.25) is 4.99 Å². The number of aliphatic imine (C=N–C) groups is 1. The van der Waals surface area contributed by atoms with Crippen molar-refractivity contribution in [1.82, 2.24) is 10.6 Å². The molecule has 0 aliphatic rings. The Morgan fingerprint density at radius 2 is 1.40 bits per heavy atom. The second-order valence-corrected chi connectivity index (χ2v) is 5.69. The van der Waals surface area contributed by atoms with E-state index in [-0.39, 0.29) is 24.0 Å². The van der Waals surface area contributed by atoms with Gasteiger partial charge in [-0.25, -0.2) is 0 Å². The molecule has 0 aromatic heterocycles. The average molecular weight is 454 g/mol. The molecule has 0 saturated heterocycles. The number of rotatable bonds is 6. The zero-order valence-corrected chi connectivity index (χ0v) is 17.6. The molecule has 6 heteroatoms. The Balaban J connectivity index is 0.00000312. The Morgan fingerprint density at radius 3 is 1.80 bits per heavy atom. The topological polar surface area (TPSA) is 48.9 Å². The molecule has 0 bridgehead atoms. The minimum Gasteiger partial charge on any atom is -0.497 e. The molecular weight excluding hydrogens is 427 g/mol. The number of nitrogens with one attached hydrogen (secondary N) is 2. The predicted molar refractivity (Wildman–Crippen MR) is 116 cm³/mol. The number of methoxy groups -OCH3 is 1. The van der Waals surface area contributed by atoms with Crippen LogP contribution < -0.4 is 20.3 Å². The Hall–Kier alpha value is -1.96. The van der Waals surface area contributed by atoms with Crippen molar-refractivity contribution >= 4 is 35.6 Å². The summed E-state index contributed by atoms with van der Waals surface area (Å²) in [7, 11) is 7.53. The highest BCUT2D eigenvalue weighted by atomic mass is 127. The molecule has 25 heavy (non-hydrogen) atoms. The van der Waals surface area contributed by atoms with Crippen molar-refractivity contribution in [3.8, 4) is 5.75 Å². The van der Waals surface area contributed by atoms with E-state index in [1.165, 1.54) is 16.8 Å². The predicted octanol–water partition coefficient (Wildman–Crippen LogP) is 3.24. The molecular formula is C19H27IN4O. The number of guanidine groups is 1. The van der Waals surface area contributed by atoms with Crippen LogP contribution in [0.2, 0.25) is 0 Å². The Labute approximate surface area is 167 Å². The molecule has 0 unspecified atom stereocenters. The van der Waals surface area contributed by atoms with E-state index in [0.29, 0.717) is 6.54 Å². The van der Waals surface area contributed by atoms with Crippen LogP contribution in [0.1, 0.15) is 11.1 Å². The SMILES string of the molecule is CN=C(NCc1ccc(OC)cc1)NCc1ccc(N(C)C)cc1.I. The van der Waals surface area contributed by atoms with Gasteiger partial charge in [-0.1, -0.05) is 24.3 Å².